The van der Waals surface area contributed by atoms with Gasteiger partial charge in [0.15, 0.2) is 0 Å². The smallest absolute Gasteiger partial charge is 0.0406 e. The molecule has 1 nitrogen and oxygen atoms in total. The van der Waals surface area contributed by atoms with Crippen molar-refractivity contribution >= 4 is 23.2 Å². The number of hydrogen-bond donors (Lipinski definition) is 0. The predicted molar refractivity (Wildman–Crippen MR) is 46.5 cm³/mol. The Kier molecular flexibility index (Phi) is 7.01. The third kappa shape index (κ3) is 4.78. The molecule has 0 heterocycles. The second kappa shape index (κ2) is 7.05. The van der Waals surface area contributed by atoms with Crippen LogP contribution in [0.3, 0.4) is 0 Å². The van der Waals surface area contributed by atoms with Crippen molar-refractivity contribution in [3.63, 3.8) is 0 Å². The van der Waals surface area contributed by atoms with E-state index < -0.39 is 0 Å². The zero-order valence-electron chi connectivity index (χ0n) is 6.03. The fourth-order valence-electron chi connectivity index (χ4n) is 0.586. The third-order valence-electron chi connectivity index (χ3n) is 0.979. The second-order valence-corrected chi connectivity index (χ2v) is 2.48. The first-order valence-corrected chi connectivity index (χ1v) is 4.21. The van der Waals surface area contributed by atoms with Crippen LogP contribution < -0.4 is 0 Å². The van der Waals surface area contributed by atoms with Crippen LogP contribution in [-0.4, -0.2) is 29.7 Å². The molecule has 58 valence electrons. The average molecular weight is 180 g/mol. The Balaban J connectivity index is 3.57. The van der Waals surface area contributed by atoms with Gasteiger partial charge in [-0.2, -0.15) is 0 Å². The molecule has 0 aromatic heterocycles. The molecule has 0 unspecified atom stereocenters. The van der Waals surface area contributed by atoms with E-state index in [0.29, 0.717) is 11.8 Å². The minimum absolute atomic E-state index is 0.603. The molecule has 10 heavy (non-hydrogen) atoms. The Morgan fingerprint density at radius 1 is 1.20 bits per heavy atom. The Morgan fingerprint density at radius 2 is 1.70 bits per heavy atom. The van der Waals surface area contributed by atoms with Gasteiger partial charge in [-0.05, 0) is 6.92 Å². The van der Waals surface area contributed by atoms with Gasteiger partial charge < -0.3 is 4.90 Å². The van der Waals surface area contributed by atoms with Crippen molar-refractivity contribution < 1.29 is 0 Å². The van der Waals surface area contributed by atoms with Crippen LogP contribution in [0.4, 0.5) is 0 Å². The number of hydrogen-bond acceptors (Lipinski definition) is 1. The zero-order chi connectivity index (χ0) is 7.82. The van der Waals surface area contributed by atoms with Crippen molar-refractivity contribution in [3.05, 3.63) is 0 Å². The Bertz CT molecular complexity index is 119. The van der Waals surface area contributed by atoms with Crippen LogP contribution >= 0.6 is 23.2 Å². The number of alkyl halides is 2. The highest BCUT2D eigenvalue weighted by Crippen LogP contribution is 1.88. The average Bonchev–Trinajstić information content (AvgIpc) is 1.90. The standard InChI is InChI=1S/C7H11Cl2N/c1-2-5-10(6-3-8)7-4-9/h3-4,6-7H2,1H3. The summed E-state index contributed by atoms with van der Waals surface area (Å²) in [6, 6.07) is 2.90. The summed E-state index contributed by atoms with van der Waals surface area (Å²) in [5.41, 5.74) is 0. The molecule has 0 aliphatic heterocycles. The molecule has 0 radical (unpaired) electrons. The zero-order valence-corrected chi connectivity index (χ0v) is 7.54. The molecule has 0 aromatic carbocycles. The molecule has 0 saturated heterocycles. The molecule has 0 aromatic rings. The summed E-state index contributed by atoms with van der Waals surface area (Å²) in [6.45, 7) is 3.37. The molecule has 0 N–H and O–H groups in total. The van der Waals surface area contributed by atoms with Gasteiger partial charge in [0.25, 0.3) is 0 Å². The molecule has 0 spiro atoms. The van der Waals surface area contributed by atoms with Gasteiger partial charge in [-0.25, -0.2) is 0 Å². The fourth-order valence-corrected chi connectivity index (χ4v) is 0.994. The maximum absolute atomic E-state index is 5.52. The van der Waals surface area contributed by atoms with Crippen LogP contribution in [0.2, 0.25) is 0 Å². The molecular formula is C7H11Cl2N. The first-order valence-electron chi connectivity index (χ1n) is 3.14. The SMILES string of the molecule is CC#CN(CCCl)CCCl. The molecule has 0 saturated carbocycles. The molecule has 0 fully saturated rings. The molecule has 0 amide bonds. The number of rotatable bonds is 4. The summed E-state index contributed by atoms with van der Waals surface area (Å²) in [4.78, 5) is 1.92. The van der Waals surface area contributed by atoms with E-state index >= 15 is 0 Å². The van der Waals surface area contributed by atoms with E-state index in [1.165, 1.54) is 0 Å². The topological polar surface area (TPSA) is 3.24 Å². The van der Waals surface area contributed by atoms with E-state index in [2.05, 4.69) is 12.0 Å². The maximum Gasteiger partial charge on any atom is 0.0406 e. The van der Waals surface area contributed by atoms with E-state index in [0.717, 1.165) is 13.1 Å². The van der Waals surface area contributed by atoms with Gasteiger partial charge in [0.2, 0.25) is 0 Å². The first kappa shape index (κ1) is 9.94. The molecule has 3 heteroatoms. The molecular weight excluding hydrogens is 169 g/mol. The number of halogens is 2. The van der Waals surface area contributed by atoms with E-state index in [1.54, 1.807) is 6.92 Å². The molecule has 0 bridgehead atoms. The van der Waals surface area contributed by atoms with Crippen LogP contribution in [0.15, 0.2) is 0 Å². The minimum atomic E-state index is 0.603. The van der Waals surface area contributed by atoms with Crippen LogP contribution in [0.1, 0.15) is 6.92 Å². The second-order valence-electron chi connectivity index (χ2n) is 1.73. The van der Waals surface area contributed by atoms with E-state index in [-0.39, 0.29) is 0 Å². The van der Waals surface area contributed by atoms with Crippen LogP contribution in [0.5, 0.6) is 0 Å². The summed E-state index contributed by atoms with van der Waals surface area (Å²) in [5.74, 6) is 4.00. The lowest BCUT2D eigenvalue weighted by Gasteiger charge is -2.13. The summed E-state index contributed by atoms with van der Waals surface area (Å²) < 4.78 is 0. The molecule has 0 aliphatic rings. The highest BCUT2D eigenvalue weighted by atomic mass is 35.5. The van der Waals surface area contributed by atoms with Crippen molar-refractivity contribution in [1.29, 1.82) is 0 Å². The Morgan fingerprint density at radius 3 is 2.00 bits per heavy atom. The van der Waals surface area contributed by atoms with Crippen molar-refractivity contribution in [3.8, 4) is 12.0 Å². The van der Waals surface area contributed by atoms with Crippen molar-refractivity contribution in [1.82, 2.24) is 4.90 Å². The number of nitrogens with zero attached hydrogens (tertiary/aromatic N) is 1. The largest absolute Gasteiger partial charge is 0.330 e. The Labute approximate surface area is 72.3 Å². The highest BCUT2D eigenvalue weighted by molar-refractivity contribution is 6.18. The van der Waals surface area contributed by atoms with Crippen LogP contribution in [0, 0.1) is 12.0 Å². The lowest BCUT2D eigenvalue weighted by Crippen LogP contribution is -2.22. The van der Waals surface area contributed by atoms with Crippen LogP contribution in [0.25, 0.3) is 0 Å². The summed E-state index contributed by atoms with van der Waals surface area (Å²) in [6.07, 6.45) is 0. The first-order chi connectivity index (χ1) is 4.85. The van der Waals surface area contributed by atoms with Crippen molar-refractivity contribution in [2.45, 2.75) is 6.92 Å². The maximum atomic E-state index is 5.52. The quantitative estimate of drug-likeness (QED) is 0.362. The van der Waals surface area contributed by atoms with Gasteiger partial charge in [-0.1, -0.05) is 5.92 Å². The van der Waals surface area contributed by atoms with Crippen LogP contribution in [-0.2, 0) is 0 Å². The van der Waals surface area contributed by atoms with E-state index in [1.807, 2.05) is 4.90 Å². The summed E-state index contributed by atoms with van der Waals surface area (Å²) >= 11 is 11.0. The Hall–Kier alpha value is -0.0600. The molecule has 0 atom stereocenters. The summed E-state index contributed by atoms with van der Waals surface area (Å²) in [5, 5.41) is 0. The van der Waals surface area contributed by atoms with Gasteiger partial charge in [0.05, 0.1) is 0 Å². The van der Waals surface area contributed by atoms with Gasteiger partial charge in [-0.3, -0.25) is 0 Å². The molecule has 0 rings (SSSR count). The van der Waals surface area contributed by atoms with Crippen molar-refractivity contribution in [2.75, 3.05) is 24.8 Å². The lowest BCUT2D eigenvalue weighted by molar-refractivity contribution is 0.449. The van der Waals surface area contributed by atoms with Crippen molar-refractivity contribution in [2.24, 2.45) is 0 Å². The van der Waals surface area contributed by atoms with E-state index in [4.69, 9.17) is 23.2 Å². The van der Waals surface area contributed by atoms with Gasteiger partial charge in [0.1, 0.15) is 0 Å². The summed E-state index contributed by atoms with van der Waals surface area (Å²) in [7, 11) is 0. The minimum Gasteiger partial charge on any atom is -0.330 e. The normalized spacial score (nSPS) is 8.30. The predicted octanol–water partition coefficient (Wildman–Crippen LogP) is 1.75. The highest BCUT2D eigenvalue weighted by Gasteiger charge is 1.94. The fraction of sp³-hybridized carbons (Fsp3) is 0.714. The monoisotopic (exact) mass is 179 g/mol. The van der Waals surface area contributed by atoms with Gasteiger partial charge in [0, 0.05) is 30.9 Å². The third-order valence-corrected chi connectivity index (χ3v) is 1.32. The van der Waals surface area contributed by atoms with E-state index in [9.17, 15) is 0 Å². The van der Waals surface area contributed by atoms with Gasteiger partial charge in [-0.15, -0.1) is 23.2 Å². The molecule has 0 aliphatic carbocycles. The lowest BCUT2D eigenvalue weighted by atomic mass is 10.5. The van der Waals surface area contributed by atoms with Gasteiger partial charge >= 0.3 is 0 Å².